The van der Waals surface area contributed by atoms with E-state index in [1.165, 1.54) is 26.3 Å². The SMILES string of the molecule is CCc1ccccc1NC(=O)COC(=O)c1ccc(OC)c(S(=O)(=O)NC)c1. The quantitative estimate of drug-likeness (QED) is 0.649. The number of rotatable bonds is 8. The zero-order valence-corrected chi connectivity index (χ0v) is 16.6. The van der Waals surface area contributed by atoms with Gasteiger partial charge >= 0.3 is 5.97 Å². The Labute approximate surface area is 163 Å². The lowest BCUT2D eigenvalue weighted by Crippen LogP contribution is -2.22. The van der Waals surface area contributed by atoms with Crippen molar-refractivity contribution >= 4 is 27.6 Å². The summed E-state index contributed by atoms with van der Waals surface area (Å²) < 4.78 is 36.3. The third-order valence-corrected chi connectivity index (χ3v) is 5.40. The number of ether oxygens (including phenoxy) is 2. The van der Waals surface area contributed by atoms with E-state index in [0.717, 1.165) is 18.1 Å². The number of para-hydroxylation sites is 1. The van der Waals surface area contributed by atoms with E-state index >= 15 is 0 Å². The zero-order valence-electron chi connectivity index (χ0n) is 15.8. The molecule has 28 heavy (non-hydrogen) atoms. The fourth-order valence-electron chi connectivity index (χ4n) is 2.47. The van der Waals surface area contributed by atoms with Crippen LogP contribution in [0.1, 0.15) is 22.8 Å². The summed E-state index contributed by atoms with van der Waals surface area (Å²) >= 11 is 0. The van der Waals surface area contributed by atoms with Gasteiger partial charge in [-0.05, 0) is 43.3 Å². The highest BCUT2D eigenvalue weighted by atomic mass is 32.2. The zero-order chi connectivity index (χ0) is 20.7. The Hall–Kier alpha value is -2.91. The van der Waals surface area contributed by atoms with Crippen LogP contribution in [0.4, 0.5) is 5.69 Å². The molecule has 2 rings (SSSR count). The first-order chi connectivity index (χ1) is 13.3. The predicted molar refractivity (Wildman–Crippen MR) is 104 cm³/mol. The van der Waals surface area contributed by atoms with Gasteiger partial charge in [-0.25, -0.2) is 17.9 Å². The van der Waals surface area contributed by atoms with Crippen LogP contribution in [0.2, 0.25) is 0 Å². The second-order valence-electron chi connectivity index (χ2n) is 5.71. The highest BCUT2D eigenvalue weighted by Crippen LogP contribution is 2.25. The Morgan fingerprint density at radius 2 is 1.82 bits per heavy atom. The number of benzene rings is 2. The molecular formula is C19H22N2O6S. The van der Waals surface area contributed by atoms with Crippen molar-refractivity contribution in [2.75, 3.05) is 26.1 Å². The van der Waals surface area contributed by atoms with Crippen LogP contribution in [0.3, 0.4) is 0 Å². The summed E-state index contributed by atoms with van der Waals surface area (Å²) in [5.74, 6) is -1.24. The van der Waals surface area contributed by atoms with Gasteiger partial charge in [0.2, 0.25) is 10.0 Å². The van der Waals surface area contributed by atoms with Gasteiger partial charge < -0.3 is 14.8 Å². The van der Waals surface area contributed by atoms with Gasteiger partial charge in [0.25, 0.3) is 5.91 Å². The van der Waals surface area contributed by atoms with Crippen LogP contribution in [-0.4, -0.2) is 41.1 Å². The molecule has 1 amide bonds. The molecule has 0 atom stereocenters. The lowest BCUT2D eigenvalue weighted by molar-refractivity contribution is -0.119. The van der Waals surface area contributed by atoms with E-state index in [1.807, 2.05) is 19.1 Å². The standard InChI is InChI=1S/C19H22N2O6S/c1-4-13-7-5-6-8-15(13)21-18(22)12-27-19(23)14-9-10-16(26-3)17(11-14)28(24,25)20-2/h5-11,20H,4,12H2,1-3H3,(H,21,22). The number of amides is 1. The monoisotopic (exact) mass is 406 g/mol. The van der Waals surface area contributed by atoms with E-state index in [1.54, 1.807) is 12.1 Å². The van der Waals surface area contributed by atoms with E-state index in [0.29, 0.717) is 5.69 Å². The second kappa shape index (κ2) is 9.34. The summed E-state index contributed by atoms with van der Waals surface area (Å²) in [5.41, 5.74) is 1.59. The number of carbonyl (C=O) groups is 2. The molecule has 0 radical (unpaired) electrons. The number of nitrogens with one attached hydrogen (secondary N) is 2. The number of hydrogen-bond donors (Lipinski definition) is 2. The van der Waals surface area contributed by atoms with Crippen LogP contribution in [0, 0.1) is 0 Å². The van der Waals surface area contributed by atoms with E-state index in [9.17, 15) is 18.0 Å². The molecule has 0 aliphatic rings. The Kier molecular flexibility index (Phi) is 7.13. The van der Waals surface area contributed by atoms with Crippen LogP contribution >= 0.6 is 0 Å². The van der Waals surface area contributed by atoms with Gasteiger partial charge in [0.15, 0.2) is 6.61 Å². The van der Waals surface area contributed by atoms with E-state index in [2.05, 4.69) is 10.0 Å². The maximum Gasteiger partial charge on any atom is 0.338 e. The molecule has 0 bridgehead atoms. The van der Waals surface area contributed by atoms with Gasteiger partial charge in [-0.3, -0.25) is 4.79 Å². The molecule has 0 spiro atoms. The summed E-state index contributed by atoms with van der Waals surface area (Å²) in [7, 11) is -1.27. The fraction of sp³-hybridized carbons (Fsp3) is 0.263. The number of sulfonamides is 1. The number of methoxy groups -OCH3 is 1. The van der Waals surface area contributed by atoms with Crippen molar-refractivity contribution in [1.29, 1.82) is 0 Å². The average molecular weight is 406 g/mol. The molecule has 0 aromatic heterocycles. The van der Waals surface area contributed by atoms with Gasteiger partial charge in [0, 0.05) is 5.69 Å². The first-order valence-electron chi connectivity index (χ1n) is 8.48. The molecule has 0 unspecified atom stereocenters. The number of esters is 1. The summed E-state index contributed by atoms with van der Waals surface area (Å²) in [5, 5.41) is 2.69. The summed E-state index contributed by atoms with van der Waals surface area (Å²) in [6, 6.07) is 11.2. The van der Waals surface area contributed by atoms with Gasteiger partial charge in [-0.15, -0.1) is 0 Å². The summed E-state index contributed by atoms with van der Waals surface area (Å²) in [6.07, 6.45) is 0.741. The third kappa shape index (κ3) is 5.08. The van der Waals surface area contributed by atoms with Gasteiger partial charge in [-0.2, -0.15) is 0 Å². The summed E-state index contributed by atoms with van der Waals surface area (Å²) in [4.78, 5) is 24.1. The molecule has 0 fully saturated rings. The topological polar surface area (TPSA) is 111 Å². The smallest absolute Gasteiger partial charge is 0.338 e. The highest BCUT2D eigenvalue weighted by Gasteiger charge is 2.21. The molecule has 0 saturated heterocycles. The second-order valence-corrected chi connectivity index (χ2v) is 7.56. The Balaban J connectivity index is 2.09. The lowest BCUT2D eigenvalue weighted by Gasteiger charge is -2.12. The number of anilines is 1. The van der Waals surface area contributed by atoms with Crippen LogP contribution in [-0.2, 0) is 26.0 Å². The minimum absolute atomic E-state index is 0.0172. The number of carbonyl (C=O) groups excluding carboxylic acids is 2. The Morgan fingerprint density at radius 3 is 2.46 bits per heavy atom. The largest absolute Gasteiger partial charge is 0.495 e. The number of hydrogen-bond acceptors (Lipinski definition) is 6. The van der Waals surface area contributed by atoms with Crippen LogP contribution in [0.15, 0.2) is 47.4 Å². The van der Waals surface area contributed by atoms with E-state index in [-0.39, 0.29) is 16.2 Å². The minimum Gasteiger partial charge on any atom is -0.495 e. The van der Waals surface area contributed by atoms with Crippen molar-refractivity contribution in [2.45, 2.75) is 18.2 Å². The molecule has 8 nitrogen and oxygen atoms in total. The van der Waals surface area contributed by atoms with Crippen molar-refractivity contribution in [1.82, 2.24) is 4.72 Å². The highest BCUT2D eigenvalue weighted by molar-refractivity contribution is 7.89. The van der Waals surface area contributed by atoms with Gasteiger partial charge in [0.05, 0.1) is 12.7 Å². The van der Waals surface area contributed by atoms with Gasteiger partial charge in [0.1, 0.15) is 10.6 Å². The maximum atomic E-state index is 12.2. The molecule has 2 N–H and O–H groups in total. The first-order valence-corrected chi connectivity index (χ1v) is 9.97. The van der Waals surface area contributed by atoms with Crippen molar-refractivity contribution in [2.24, 2.45) is 0 Å². The lowest BCUT2D eigenvalue weighted by atomic mass is 10.1. The minimum atomic E-state index is -3.84. The molecule has 2 aromatic rings. The average Bonchev–Trinajstić information content (AvgIpc) is 2.71. The third-order valence-electron chi connectivity index (χ3n) is 3.96. The predicted octanol–water partition coefficient (Wildman–Crippen LogP) is 1.96. The molecule has 0 saturated carbocycles. The van der Waals surface area contributed by atoms with Gasteiger partial charge in [-0.1, -0.05) is 25.1 Å². The normalized spacial score (nSPS) is 11.0. The molecule has 0 heterocycles. The van der Waals surface area contributed by atoms with Crippen molar-refractivity contribution in [3.05, 3.63) is 53.6 Å². The molecule has 0 aliphatic heterocycles. The Morgan fingerprint density at radius 1 is 1.11 bits per heavy atom. The number of aryl methyl sites for hydroxylation is 1. The molecule has 2 aromatic carbocycles. The molecule has 9 heteroatoms. The first kappa shape index (κ1) is 21.4. The van der Waals surface area contributed by atoms with E-state index < -0.39 is 28.5 Å². The van der Waals surface area contributed by atoms with Crippen molar-refractivity contribution in [3.63, 3.8) is 0 Å². The fourth-order valence-corrected chi connectivity index (χ4v) is 3.39. The maximum absolute atomic E-state index is 12.2. The van der Waals surface area contributed by atoms with Crippen molar-refractivity contribution in [3.8, 4) is 5.75 Å². The van der Waals surface area contributed by atoms with Crippen LogP contribution in [0.5, 0.6) is 5.75 Å². The van der Waals surface area contributed by atoms with Crippen molar-refractivity contribution < 1.29 is 27.5 Å². The molecular weight excluding hydrogens is 384 g/mol. The van der Waals surface area contributed by atoms with Crippen LogP contribution < -0.4 is 14.8 Å². The molecule has 0 aliphatic carbocycles. The van der Waals surface area contributed by atoms with E-state index in [4.69, 9.17) is 9.47 Å². The van der Waals surface area contributed by atoms with Crippen LogP contribution in [0.25, 0.3) is 0 Å². The molecule has 150 valence electrons. The summed E-state index contributed by atoms with van der Waals surface area (Å²) in [6.45, 7) is 1.46. The Bertz CT molecular complexity index is 972.